The van der Waals surface area contributed by atoms with E-state index in [1.165, 1.54) is 29.2 Å². The first-order valence-corrected chi connectivity index (χ1v) is 8.97. The van der Waals surface area contributed by atoms with Crippen molar-refractivity contribution in [1.29, 1.82) is 0 Å². The van der Waals surface area contributed by atoms with E-state index in [9.17, 15) is 18.0 Å². The van der Waals surface area contributed by atoms with E-state index in [1.807, 2.05) is 4.57 Å². The van der Waals surface area contributed by atoms with Crippen molar-refractivity contribution >= 4 is 35.6 Å². The Morgan fingerprint density at radius 1 is 1.26 bits per heavy atom. The molecule has 12 heteroatoms. The molecule has 0 atom stereocenters. The van der Waals surface area contributed by atoms with Gasteiger partial charge in [-0.25, -0.2) is 4.31 Å². The number of carbonyl (C=O) groups excluding carboxylic acids is 1. The van der Waals surface area contributed by atoms with Gasteiger partial charge in [-0.15, -0.1) is 10.2 Å². The van der Waals surface area contributed by atoms with Gasteiger partial charge in [0.2, 0.25) is 5.95 Å². The molecule has 1 amide bonds. The van der Waals surface area contributed by atoms with Gasteiger partial charge in [-0.3, -0.25) is 9.36 Å². The molecule has 0 spiro atoms. The zero-order valence-electron chi connectivity index (χ0n) is 13.6. The monoisotopic (exact) mass is 416 g/mol. The first-order valence-electron chi connectivity index (χ1n) is 7.81. The zero-order valence-corrected chi connectivity index (χ0v) is 15.1. The average molecular weight is 417 g/mol. The highest BCUT2D eigenvalue weighted by atomic mass is 35.5. The minimum Gasteiger partial charge on any atom is -0.329 e. The molecule has 0 saturated carbocycles. The molecular weight excluding hydrogens is 405 g/mol. The quantitative estimate of drug-likeness (QED) is 0.759. The number of hydrogen-bond donors (Lipinski definition) is 1. The smallest absolute Gasteiger partial charge is 0.329 e. The predicted octanol–water partition coefficient (Wildman–Crippen LogP) is 3.05. The molecule has 7 nitrogen and oxygen atoms in total. The maximum absolute atomic E-state index is 13.0. The van der Waals surface area contributed by atoms with E-state index >= 15 is 0 Å². The number of fused-ring (bicyclic) bond motifs is 1. The van der Waals surface area contributed by atoms with Crippen molar-refractivity contribution in [2.45, 2.75) is 19.3 Å². The Hall–Kier alpha value is -2.40. The van der Waals surface area contributed by atoms with Gasteiger partial charge in [0, 0.05) is 25.5 Å². The summed E-state index contributed by atoms with van der Waals surface area (Å²) in [6.07, 6.45) is -1.08. The molecule has 0 aliphatic carbocycles. The van der Waals surface area contributed by atoms with Crippen molar-refractivity contribution < 1.29 is 18.0 Å². The van der Waals surface area contributed by atoms with E-state index in [2.05, 4.69) is 14.9 Å². The lowest BCUT2D eigenvalue weighted by molar-refractivity contribution is -0.137. The number of nitrogens with one attached hydrogen (secondary N) is 1. The lowest BCUT2D eigenvalue weighted by Crippen LogP contribution is -2.39. The topological polar surface area (TPSA) is 66.3 Å². The minimum atomic E-state index is -4.63. The Labute approximate surface area is 161 Å². The molecule has 1 N–H and O–H groups in total. The van der Waals surface area contributed by atoms with Crippen molar-refractivity contribution in [2.75, 3.05) is 10.8 Å². The number of amides is 1. The lowest BCUT2D eigenvalue weighted by atomic mass is 10.1. The third-order valence-corrected chi connectivity index (χ3v) is 5.31. The summed E-state index contributed by atoms with van der Waals surface area (Å²) < 4.78 is 45.7. The molecule has 0 bridgehead atoms. The number of anilines is 1. The number of carbonyl (C=O) groups is 1. The minimum absolute atomic E-state index is 0.133. The Balaban J connectivity index is 1.58. The Morgan fingerprint density at radius 3 is 2.78 bits per heavy atom. The fraction of sp³-hybridized carbons (Fsp3) is 0.267. The number of rotatable bonds is 2. The molecule has 2 aromatic rings. The number of benzene rings is 1. The van der Waals surface area contributed by atoms with Crippen LogP contribution in [0.4, 0.5) is 19.1 Å². The molecular formula is C15H12ClF3N6OS. The number of aromatic nitrogens is 3. The fourth-order valence-electron chi connectivity index (χ4n) is 2.89. The number of hydrogen-bond acceptors (Lipinski definition) is 6. The highest BCUT2D eigenvalue weighted by Gasteiger charge is 2.36. The van der Waals surface area contributed by atoms with Gasteiger partial charge in [-0.2, -0.15) is 13.2 Å². The molecule has 142 valence electrons. The second-order valence-corrected chi connectivity index (χ2v) is 7.00. The molecule has 3 heterocycles. The Bertz CT molecular complexity index is 931. The summed E-state index contributed by atoms with van der Waals surface area (Å²) in [6.45, 7) is 0.859. The SMILES string of the molecule is O=C(c1cccc(C(F)(F)F)c1Cl)N1CCn2c(nnc2N2C=CNS2)C1. The maximum atomic E-state index is 13.0. The van der Waals surface area contributed by atoms with Gasteiger partial charge in [0.05, 0.1) is 34.8 Å². The van der Waals surface area contributed by atoms with E-state index in [1.54, 1.807) is 16.7 Å². The van der Waals surface area contributed by atoms with E-state index in [-0.39, 0.29) is 12.1 Å². The van der Waals surface area contributed by atoms with Gasteiger partial charge in [-0.1, -0.05) is 17.7 Å². The second-order valence-electron chi connectivity index (χ2n) is 5.81. The number of alkyl halides is 3. The van der Waals surface area contributed by atoms with Crippen LogP contribution in [-0.4, -0.2) is 32.1 Å². The highest BCUT2D eigenvalue weighted by molar-refractivity contribution is 7.99. The van der Waals surface area contributed by atoms with Crippen LogP contribution in [-0.2, 0) is 19.3 Å². The Morgan fingerprint density at radius 2 is 2.07 bits per heavy atom. The second kappa shape index (κ2) is 6.64. The van der Waals surface area contributed by atoms with Crippen LogP contribution in [0.2, 0.25) is 5.02 Å². The first kappa shape index (κ1) is 18.0. The number of halogens is 4. The fourth-order valence-corrected chi connectivity index (χ4v) is 3.78. The van der Waals surface area contributed by atoms with E-state index in [0.717, 1.165) is 6.07 Å². The number of nitrogens with zero attached hydrogens (tertiary/aromatic N) is 5. The zero-order chi connectivity index (χ0) is 19.2. The van der Waals surface area contributed by atoms with Crippen molar-refractivity contribution in [2.24, 2.45) is 0 Å². The van der Waals surface area contributed by atoms with Gasteiger partial charge < -0.3 is 9.62 Å². The summed E-state index contributed by atoms with van der Waals surface area (Å²) in [6, 6.07) is 3.33. The lowest BCUT2D eigenvalue weighted by Gasteiger charge is -2.29. The largest absolute Gasteiger partial charge is 0.417 e. The van der Waals surface area contributed by atoms with Gasteiger partial charge in [0.1, 0.15) is 0 Å². The summed E-state index contributed by atoms with van der Waals surface area (Å²) >= 11 is 7.20. The van der Waals surface area contributed by atoms with Gasteiger partial charge in [-0.05, 0) is 12.1 Å². The average Bonchev–Trinajstić information content (AvgIpc) is 3.29. The molecule has 1 aromatic carbocycles. The van der Waals surface area contributed by atoms with Crippen molar-refractivity contribution in [1.82, 2.24) is 24.4 Å². The molecule has 0 unspecified atom stereocenters. The molecule has 2 aliphatic heterocycles. The Kier molecular flexibility index (Phi) is 4.42. The van der Waals surface area contributed by atoms with Gasteiger partial charge in [0.25, 0.3) is 5.91 Å². The van der Waals surface area contributed by atoms with Crippen LogP contribution in [0.25, 0.3) is 0 Å². The standard InChI is InChI=1S/C15H12ClF3N6OS/c16-12-9(2-1-3-10(12)15(17,18)19)13(26)23-6-7-24-11(8-23)21-22-14(24)25-5-4-20-27-25/h1-5,20H,6-8H2. The van der Waals surface area contributed by atoms with Crippen molar-refractivity contribution in [3.63, 3.8) is 0 Å². The van der Waals surface area contributed by atoms with Gasteiger partial charge >= 0.3 is 6.18 Å². The first-order chi connectivity index (χ1) is 12.9. The van der Waals surface area contributed by atoms with Crippen LogP contribution in [0.3, 0.4) is 0 Å². The van der Waals surface area contributed by atoms with Crippen LogP contribution in [0.5, 0.6) is 0 Å². The molecule has 0 fully saturated rings. The molecule has 27 heavy (non-hydrogen) atoms. The van der Waals surface area contributed by atoms with Crippen molar-refractivity contribution in [3.8, 4) is 0 Å². The summed E-state index contributed by atoms with van der Waals surface area (Å²) in [7, 11) is 0. The van der Waals surface area contributed by atoms with Crippen LogP contribution in [0.15, 0.2) is 30.6 Å². The van der Waals surface area contributed by atoms with E-state index < -0.39 is 22.7 Å². The van der Waals surface area contributed by atoms with Crippen LogP contribution < -0.4 is 9.03 Å². The van der Waals surface area contributed by atoms with E-state index in [0.29, 0.717) is 24.9 Å². The molecule has 2 aliphatic rings. The van der Waals surface area contributed by atoms with Gasteiger partial charge in [0.15, 0.2) is 5.82 Å². The third kappa shape index (κ3) is 3.21. The normalized spacial score (nSPS) is 16.4. The highest BCUT2D eigenvalue weighted by Crippen LogP contribution is 2.37. The summed E-state index contributed by atoms with van der Waals surface area (Å²) in [5, 5.41) is 7.63. The van der Waals surface area contributed by atoms with Crippen molar-refractivity contribution in [3.05, 3.63) is 52.6 Å². The van der Waals surface area contributed by atoms with E-state index in [4.69, 9.17) is 11.6 Å². The summed E-state index contributed by atoms with van der Waals surface area (Å²) in [5.41, 5.74) is -1.20. The predicted molar refractivity (Wildman–Crippen MR) is 93.6 cm³/mol. The maximum Gasteiger partial charge on any atom is 0.417 e. The third-order valence-electron chi connectivity index (χ3n) is 4.18. The van der Waals surface area contributed by atoms with Crippen LogP contribution in [0.1, 0.15) is 21.7 Å². The summed E-state index contributed by atoms with van der Waals surface area (Å²) in [4.78, 5) is 14.2. The molecule has 1 aromatic heterocycles. The molecule has 0 radical (unpaired) electrons. The molecule has 0 saturated heterocycles. The van der Waals surface area contributed by atoms with Crippen LogP contribution in [0, 0.1) is 0 Å². The summed E-state index contributed by atoms with van der Waals surface area (Å²) in [5.74, 6) is 0.591. The molecule has 4 rings (SSSR count). The van der Waals surface area contributed by atoms with Crippen LogP contribution >= 0.6 is 23.7 Å².